The van der Waals surface area contributed by atoms with Crippen LogP contribution in [0.5, 0.6) is 5.75 Å². The van der Waals surface area contributed by atoms with Crippen molar-refractivity contribution < 1.29 is 9.53 Å². The molecule has 0 spiro atoms. The summed E-state index contributed by atoms with van der Waals surface area (Å²) < 4.78 is 7.27. The molecule has 152 valence electrons. The van der Waals surface area contributed by atoms with Crippen LogP contribution in [0.1, 0.15) is 24.2 Å². The van der Waals surface area contributed by atoms with E-state index in [2.05, 4.69) is 51.0 Å². The van der Waals surface area contributed by atoms with E-state index in [1.165, 1.54) is 0 Å². The first-order chi connectivity index (χ1) is 14.0. The summed E-state index contributed by atoms with van der Waals surface area (Å²) in [5.74, 6) is 0.738. The van der Waals surface area contributed by atoms with Crippen LogP contribution < -0.4 is 15.0 Å². The zero-order chi connectivity index (χ0) is 20.4. The van der Waals surface area contributed by atoms with Gasteiger partial charge >= 0.3 is 0 Å². The molecule has 29 heavy (non-hydrogen) atoms. The van der Waals surface area contributed by atoms with Crippen molar-refractivity contribution in [1.82, 2.24) is 14.8 Å². The third-order valence-corrected chi connectivity index (χ3v) is 6.26. The molecule has 4 rings (SSSR count). The molecule has 3 heterocycles. The number of piperidine rings is 1. The van der Waals surface area contributed by atoms with E-state index < -0.39 is 0 Å². The third kappa shape index (κ3) is 4.12. The number of nitrogens with zero attached hydrogens (tertiary/aromatic N) is 4. The van der Waals surface area contributed by atoms with Crippen molar-refractivity contribution in [3.8, 4) is 10.9 Å². The number of anilines is 2. The minimum Gasteiger partial charge on any atom is -0.497 e. The van der Waals surface area contributed by atoms with Crippen LogP contribution in [-0.2, 0) is 4.79 Å². The molecule has 1 atom stereocenters. The molecule has 2 aromatic heterocycles. The minimum atomic E-state index is -0.0757. The van der Waals surface area contributed by atoms with E-state index in [-0.39, 0.29) is 11.8 Å². The SMILES string of the molecule is COc1ccc(NC(=O)[C@@H]2CCCN(c3nnc(-n4c(C)ccc4C)s3)C2)cc1. The molecule has 1 amide bonds. The van der Waals surface area contributed by atoms with Crippen LogP contribution in [0.4, 0.5) is 10.8 Å². The lowest BCUT2D eigenvalue weighted by Gasteiger charge is -2.31. The maximum Gasteiger partial charge on any atom is 0.229 e. The van der Waals surface area contributed by atoms with Gasteiger partial charge in [0, 0.05) is 30.2 Å². The Morgan fingerprint density at radius 2 is 1.79 bits per heavy atom. The van der Waals surface area contributed by atoms with Gasteiger partial charge in [-0.2, -0.15) is 0 Å². The maximum absolute atomic E-state index is 12.8. The van der Waals surface area contributed by atoms with E-state index in [0.717, 1.165) is 52.5 Å². The summed E-state index contributed by atoms with van der Waals surface area (Å²) >= 11 is 1.57. The van der Waals surface area contributed by atoms with Crippen molar-refractivity contribution >= 4 is 28.1 Å². The van der Waals surface area contributed by atoms with E-state index in [9.17, 15) is 4.79 Å². The van der Waals surface area contributed by atoms with Crippen molar-refractivity contribution in [2.75, 3.05) is 30.4 Å². The molecule has 1 fully saturated rings. The van der Waals surface area contributed by atoms with Crippen LogP contribution in [-0.4, -0.2) is 40.9 Å². The van der Waals surface area contributed by atoms with Crippen molar-refractivity contribution in [1.29, 1.82) is 0 Å². The Morgan fingerprint density at radius 1 is 1.10 bits per heavy atom. The van der Waals surface area contributed by atoms with Gasteiger partial charge in [0.05, 0.1) is 13.0 Å². The van der Waals surface area contributed by atoms with Gasteiger partial charge in [0.25, 0.3) is 0 Å². The second kappa shape index (κ2) is 8.24. The number of ether oxygens (including phenoxy) is 1. The molecule has 0 saturated carbocycles. The number of rotatable bonds is 5. The summed E-state index contributed by atoms with van der Waals surface area (Å²) in [6.45, 7) is 5.67. The molecule has 0 radical (unpaired) electrons. The molecule has 1 aromatic carbocycles. The van der Waals surface area contributed by atoms with E-state index in [1.54, 1.807) is 18.4 Å². The molecule has 8 heteroatoms. The molecule has 0 aliphatic carbocycles. The fourth-order valence-corrected chi connectivity index (χ4v) is 4.68. The number of carbonyl (C=O) groups is 1. The van der Waals surface area contributed by atoms with E-state index >= 15 is 0 Å². The highest BCUT2D eigenvalue weighted by molar-refractivity contribution is 7.17. The predicted molar refractivity (Wildman–Crippen MR) is 115 cm³/mol. The molecule has 1 saturated heterocycles. The lowest BCUT2D eigenvalue weighted by Crippen LogP contribution is -2.40. The molecule has 3 aromatic rings. The summed E-state index contributed by atoms with van der Waals surface area (Å²) in [4.78, 5) is 15.0. The topological polar surface area (TPSA) is 72.3 Å². The highest BCUT2D eigenvalue weighted by Gasteiger charge is 2.28. The second-order valence-corrected chi connectivity index (χ2v) is 8.26. The van der Waals surface area contributed by atoms with Gasteiger partial charge in [0.15, 0.2) is 0 Å². The number of carbonyl (C=O) groups excluding carboxylic acids is 1. The molecular formula is C21H25N5O2S. The lowest BCUT2D eigenvalue weighted by atomic mass is 9.97. The van der Waals surface area contributed by atoms with Crippen molar-refractivity contribution in [3.63, 3.8) is 0 Å². The first-order valence-corrected chi connectivity index (χ1v) is 10.6. The van der Waals surface area contributed by atoms with Crippen molar-refractivity contribution in [2.24, 2.45) is 5.92 Å². The average Bonchev–Trinajstić information content (AvgIpc) is 3.35. The van der Waals surface area contributed by atoms with Gasteiger partial charge in [0.2, 0.25) is 16.2 Å². The second-order valence-electron chi connectivity index (χ2n) is 7.32. The van der Waals surface area contributed by atoms with Gasteiger partial charge in [-0.3, -0.25) is 9.36 Å². The van der Waals surface area contributed by atoms with Crippen molar-refractivity contribution in [3.05, 3.63) is 47.8 Å². The molecule has 0 unspecified atom stereocenters. The smallest absolute Gasteiger partial charge is 0.229 e. The normalized spacial score (nSPS) is 16.7. The Balaban J connectivity index is 1.43. The average molecular weight is 412 g/mol. The number of aromatic nitrogens is 3. The zero-order valence-electron chi connectivity index (χ0n) is 16.9. The molecule has 0 bridgehead atoms. The van der Waals surface area contributed by atoms with Gasteiger partial charge < -0.3 is 15.0 Å². The Labute approximate surface area is 174 Å². The Morgan fingerprint density at radius 3 is 2.48 bits per heavy atom. The number of methoxy groups -OCH3 is 1. The predicted octanol–water partition coefficient (Wildman–Crippen LogP) is 3.81. The Hall–Kier alpha value is -2.87. The highest BCUT2D eigenvalue weighted by atomic mass is 32.1. The first-order valence-electron chi connectivity index (χ1n) is 9.74. The monoisotopic (exact) mass is 411 g/mol. The maximum atomic E-state index is 12.8. The summed E-state index contributed by atoms with van der Waals surface area (Å²) in [5, 5.41) is 13.5. The largest absolute Gasteiger partial charge is 0.497 e. The number of hydrogen-bond donors (Lipinski definition) is 1. The van der Waals surface area contributed by atoms with E-state index in [1.807, 2.05) is 24.3 Å². The van der Waals surface area contributed by atoms with Gasteiger partial charge in [-0.25, -0.2) is 0 Å². The number of aryl methyl sites for hydroxylation is 2. The fourth-order valence-electron chi connectivity index (χ4n) is 3.68. The van der Waals surface area contributed by atoms with Crippen LogP contribution in [0.25, 0.3) is 5.13 Å². The lowest BCUT2D eigenvalue weighted by molar-refractivity contribution is -0.120. The summed E-state index contributed by atoms with van der Waals surface area (Å²) in [6.07, 6.45) is 1.83. The van der Waals surface area contributed by atoms with E-state index in [4.69, 9.17) is 4.74 Å². The molecule has 7 nitrogen and oxygen atoms in total. The summed E-state index contributed by atoms with van der Waals surface area (Å²) in [7, 11) is 1.63. The first kappa shape index (κ1) is 19.4. The van der Waals surface area contributed by atoms with Gasteiger partial charge in [0.1, 0.15) is 5.75 Å². The van der Waals surface area contributed by atoms with Crippen LogP contribution >= 0.6 is 11.3 Å². The molecule has 1 N–H and O–H groups in total. The number of hydrogen-bond acceptors (Lipinski definition) is 6. The molecule has 1 aliphatic rings. The van der Waals surface area contributed by atoms with Gasteiger partial charge in [-0.1, -0.05) is 11.3 Å². The number of benzene rings is 1. The highest BCUT2D eigenvalue weighted by Crippen LogP contribution is 2.29. The van der Waals surface area contributed by atoms with Crippen molar-refractivity contribution in [2.45, 2.75) is 26.7 Å². The third-order valence-electron chi connectivity index (χ3n) is 5.29. The standard InChI is InChI=1S/C21H25N5O2S/c1-14-6-7-15(2)26(14)21-24-23-20(29-21)25-12-4-5-16(13-25)19(27)22-17-8-10-18(28-3)11-9-17/h6-11,16H,4-5,12-13H2,1-3H3,(H,22,27)/t16-/m1/s1. The van der Waals surface area contributed by atoms with Crippen LogP contribution in [0.3, 0.4) is 0 Å². The summed E-state index contributed by atoms with van der Waals surface area (Å²) in [6, 6.07) is 11.6. The van der Waals surface area contributed by atoms with Crippen LogP contribution in [0.2, 0.25) is 0 Å². The minimum absolute atomic E-state index is 0.0432. The molecular weight excluding hydrogens is 386 g/mol. The summed E-state index contributed by atoms with van der Waals surface area (Å²) in [5.41, 5.74) is 3.06. The Bertz CT molecular complexity index is 975. The quantitative estimate of drug-likeness (QED) is 0.691. The fraction of sp³-hybridized carbons (Fsp3) is 0.381. The number of amides is 1. The molecule has 1 aliphatic heterocycles. The van der Waals surface area contributed by atoms with Crippen LogP contribution in [0, 0.1) is 19.8 Å². The van der Waals surface area contributed by atoms with Gasteiger partial charge in [-0.05, 0) is 63.1 Å². The Kier molecular flexibility index (Phi) is 5.53. The van der Waals surface area contributed by atoms with Crippen LogP contribution in [0.15, 0.2) is 36.4 Å². The van der Waals surface area contributed by atoms with Gasteiger partial charge in [-0.15, -0.1) is 10.2 Å². The van der Waals surface area contributed by atoms with E-state index in [0.29, 0.717) is 6.54 Å². The zero-order valence-corrected chi connectivity index (χ0v) is 17.7. The number of nitrogens with one attached hydrogen (secondary N) is 1.